The van der Waals surface area contributed by atoms with Crippen LogP contribution in [-0.2, 0) is 0 Å². The molecule has 1 aliphatic carbocycles. The SMILES string of the molecule is NC(c1cccnc1)C1CCCCC1. The largest absolute Gasteiger partial charge is 0.324 e. The molecule has 2 N–H and O–H groups in total. The Morgan fingerprint density at radius 1 is 1.29 bits per heavy atom. The molecule has 0 spiro atoms. The van der Waals surface area contributed by atoms with Crippen LogP contribution < -0.4 is 5.73 Å². The third kappa shape index (κ3) is 2.13. The Morgan fingerprint density at radius 2 is 2.07 bits per heavy atom. The molecule has 2 nitrogen and oxygen atoms in total. The molecule has 1 aliphatic rings. The monoisotopic (exact) mass is 190 g/mol. The van der Waals surface area contributed by atoms with E-state index in [0.717, 1.165) is 0 Å². The van der Waals surface area contributed by atoms with E-state index in [4.69, 9.17) is 5.73 Å². The molecule has 0 bridgehead atoms. The number of nitrogens with two attached hydrogens (primary N) is 1. The molecule has 0 radical (unpaired) electrons. The first-order chi connectivity index (χ1) is 6.88. The molecule has 2 heteroatoms. The summed E-state index contributed by atoms with van der Waals surface area (Å²) < 4.78 is 0. The number of aromatic nitrogens is 1. The molecule has 1 atom stereocenters. The normalized spacial score (nSPS) is 20.6. The standard InChI is InChI=1S/C12H18N2/c13-12(10-5-2-1-3-6-10)11-7-4-8-14-9-11/h4,7-10,12H,1-3,5-6,13H2. The Morgan fingerprint density at radius 3 is 2.71 bits per heavy atom. The maximum atomic E-state index is 6.23. The smallest absolute Gasteiger partial charge is 0.0338 e. The van der Waals surface area contributed by atoms with E-state index in [0.29, 0.717) is 5.92 Å². The van der Waals surface area contributed by atoms with Crippen molar-refractivity contribution in [2.45, 2.75) is 38.1 Å². The Bertz CT molecular complexity index is 265. The molecule has 0 aliphatic heterocycles. The molecule has 1 fully saturated rings. The van der Waals surface area contributed by atoms with Crippen LogP contribution in [0.2, 0.25) is 0 Å². The molecule has 76 valence electrons. The highest BCUT2D eigenvalue weighted by atomic mass is 14.7. The molecule has 1 unspecified atom stereocenters. The fourth-order valence-corrected chi connectivity index (χ4v) is 2.34. The van der Waals surface area contributed by atoms with Gasteiger partial charge in [0.15, 0.2) is 0 Å². The van der Waals surface area contributed by atoms with Gasteiger partial charge in [-0.15, -0.1) is 0 Å². The van der Waals surface area contributed by atoms with Crippen molar-refractivity contribution in [1.82, 2.24) is 4.98 Å². The fraction of sp³-hybridized carbons (Fsp3) is 0.583. The van der Waals surface area contributed by atoms with Crippen molar-refractivity contribution in [2.24, 2.45) is 11.7 Å². The third-order valence-electron chi connectivity index (χ3n) is 3.23. The molecular weight excluding hydrogens is 172 g/mol. The zero-order valence-corrected chi connectivity index (χ0v) is 8.52. The van der Waals surface area contributed by atoms with Gasteiger partial charge < -0.3 is 5.73 Å². The number of nitrogens with zero attached hydrogens (tertiary/aromatic N) is 1. The van der Waals surface area contributed by atoms with E-state index in [2.05, 4.69) is 11.1 Å². The molecular formula is C12H18N2. The van der Waals surface area contributed by atoms with Gasteiger partial charge in [0.05, 0.1) is 0 Å². The van der Waals surface area contributed by atoms with Crippen molar-refractivity contribution in [1.29, 1.82) is 0 Å². The van der Waals surface area contributed by atoms with Gasteiger partial charge in [-0.25, -0.2) is 0 Å². The van der Waals surface area contributed by atoms with Gasteiger partial charge in [-0.05, 0) is 30.4 Å². The highest BCUT2D eigenvalue weighted by Crippen LogP contribution is 2.32. The van der Waals surface area contributed by atoms with Gasteiger partial charge in [0.2, 0.25) is 0 Å². The summed E-state index contributed by atoms with van der Waals surface area (Å²) in [6, 6.07) is 4.26. The van der Waals surface area contributed by atoms with Crippen LogP contribution in [0.4, 0.5) is 0 Å². The maximum Gasteiger partial charge on any atom is 0.0338 e. The van der Waals surface area contributed by atoms with Crippen LogP contribution in [0.15, 0.2) is 24.5 Å². The highest BCUT2D eigenvalue weighted by molar-refractivity contribution is 5.14. The molecule has 1 aromatic rings. The first-order valence-corrected chi connectivity index (χ1v) is 5.53. The first kappa shape index (κ1) is 9.66. The van der Waals surface area contributed by atoms with Crippen molar-refractivity contribution in [3.8, 4) is 0 Å². The molecule has 2 rings (SSSR count). The molecule has 1 heterocycles. The summed E-state index contributed by atoms with van der Waals surface area (Å²) in [6.45, 7) is 0. The minimum atomic E-state index is 0.198. The van der Waals surface area contributed by atoms with Crippen LogP contribution in [0.5, 0.6) is 0 Å². The second-order valence-electron chi connectivity index (χ2n) is 4.21. The molecule has 14 heavy (non-hydrogen) atoms. The van der Waals surface area contributed by atoms with E-state index < -0.39 is 0 Å². The van der Waals surface area contributed by atoms with Crippen LogP contribution in [0.25, 0.3) is 0 Å². The maximum absolute atomic E-state index is 6.23. The third-order valence-corrected chi connectivity index (χ3v) is 3.23. The van der Waals surface area contributed by atoms with Crippen molar-refractivity contribution in [2.75, 3.05) is 0 Å². The Labute approximate surface area is 85.5 Å². The number of rotatable bonds is 2. The Hall–Kier alpha value is -0.890. The van der Waals surface area contributed by atoms with Crippen LogP contribution in [-0.4, -0.2) is 4.98 Å². The summed E-state index contributed by atoms with van der Waals surface area (Å²) in [6.07, 6.45) is 10.4. The van der Waals surface area contributed by atoms with Crippen LogP contribution in [0.3, 0.4) is 0 Å². The number of hydrogen-bond acceptors (Lipinski definition) is 2. The van der Waals surface area contributed by atoms with E-state index in [9.17, 15) is 0 Å². The zero-order chi connectivity index (χ0) is 9.80. The second-order valence-corrected chi connectivity index (χ2v) is 4.21. The lowest BCUT2D eigenvalue weighted by atomic mass is 9.82. The topological polar surface area (TPSA) is 38.9 Å². The predicted octanol–water partition coefficient (Wildman–Crippen LogP) is 2.66. The van der Waals surface area contributed by atoms with Crippen LogP contribution >= 0.6 is 0 Å². The highest BCUT2D eigenvalue weighted by Gasteiger charge is 2.21. The lowest BCUT2D eigenvalue weighted by Gasteiger charge is -2.27. The van der Waals surface area contributed by atoms with Gasteiger partial charge in [0.1, 0.15) is 0 Å². The summed E-state index contributed by atoms with van der Waals surface area (Å²) in [5, 5.41) is 0. The molecule has 0 saturated heterocycles. The second kappa shape index (κ2) is 4.56. The van der Waals surface area contributed by atoms with Gasteiger partial charge in [0, 0.05) is 18.4 Å². The summed E-state index contributed by atoms with van der Waals surface area (Å²) in [5.74, 6) is 0.674. The van der Waals surface area contributed by atoms with Crippen LogP contribution in [0.1, 0.15) is 43.7 Å². The van der Waals surface area contributed by atoms with E-state index >= 15 is 0 Å². The van der Waals surface area contributed by atoms with Gasteiger partial charge in [-0.1, -0.05) is 25.3 Å². The zero-order valence-electron chi connectivity index (χ0n) is 8.52. The fourth-order valence-electron chi connectivity index (χ4n) is 2.34. The van der Waals surface area contributed by atoms with Crippen molar-refractivity contribution < 1.29 is 0 Å². The van der Waals surface area contributed by atoms with Crippen LogP contribution in [0, 0.1) is 5.92 Å². The Balaban J connectivity index is 2.03. The summed E-state index contributed by atoms with van der Waals surface area (Å²) in [4.78, 5) is 4.12. The number of hydrogen-bond donors (Lipinski definition) is 1. The molecule has 0 aromatic carbocycles. The summed E-state index contributed by atoms with van der Waals surface area (Å²) in [7, 11) is 0. The van der Waals surface area contributed by atoms with Gasteiger partial charge in [-0.3, -0.25) is 4.98 Å². The predicted molar refractivity (Wildman–Crippen MR) is 57.7 cm³/mol. The lowest BCUT2D eigenvalue weighted by Crippen LogP contribution is -2.23. The quantitative estimate of drug-likeness (QED) is 0.778. The molecule has 0 amide bonds. The van der Waals surface area contributed by atoms with Gasteiger partial charge in [-0.2, -0.15) is 0 Å². The van der Waals surface area contributed by atoms with E-state index in [1.807, 2.05) is 12.3 Å². The van der Waals surface area contributed by atoms with E-state index in [1.165, 1.54) is 37.7 Å². The van der Waals surface area contributed by atoms with Crippen molar-refractivity contribution in [3.63, 3.8) is 0 Å². The number of pyridine rings is 1. The van der Waals surface area contributed by atoms with Crippen molar-refractivity contribution in [3.05, 3.63) is 30.1 Å². The molecule has 1 saturated carbocycles. The summed E-state index contributed by atoms with van der Waals surface area (Å²) in [5.41, 5.74) is 7.42. The van der Waals surface area contributed by atoms with Gasteiger partial charge >= 0.3 is 0 Å². The first-order valence-electron chi connectivity index (χ1n) is 5.53. The lowest BCUT2D eigenvalue weighted by molar-refractivity contribution is 0.308. The average Bonchev–Trinajstić information content (AvgIpc) is 2.30. The Kier molecular flexibility index (Phi) is 3.14. The molecule has 1 aromatic heterocycles. The van der Waals surface area contributed by atoms with Gasteiger partial charge in [0.25, 0.3) is 0 Å². The van der Waals surface area contributed by atoms with E-state index in [-0.39, 0.29) is 6.04 Å². The average molecular weight is 190 g/mol. The minimum Gasteiger partial charge on any atom is -0.324 e. The van der Waals surface area contributed by atoms with Crippen molar-refractivity contribution >= 4 is 0 Å². The minimum absolute atomic E-state index is 0.198. The van der Waals surface area contributed by atoms with E-state index in [1.54, 1.807) is 6.20 Å². The summed E-state index contributed by atoms with van der Waals surface area (Å²) >= 11 is 0.